The number of aromatic nitrogens is 2. The van der Waals surface area contributed by atoms with E-state index < -0.39 is 17.6 Å². The Bertz CT molecular complexity index is 567. The van der Waals surface area contributed by atoms with Crippen LogP contribution >= 0.6 is 27.5 Å². The Morgan fingerprint density at radius 2 is 2.00 bits per heavy atom. The van der Waals surface area contributed by atoms with E-state index in [9.17, 15) is 17.6 Å². The van der Waals surface area contributed by atoms with Crippen molar-refractivity contribution in [2.75, 3.05) is 0 Å². The topological polar surface area (TPSA) is 25.8 Å². The predicted octanol–water partition coefficient (Wildman–Crippen LogP) is 4.26. The molecule has 0 unspecified atom stereocenters. The van der Waals surface area contributed by atoms with Gasteiger partial charge in [-0.1, -0.05) is 22.0 Å². The standard InChI is InChI=1S/C10H5BrF4N2S/c11-4-8-16-9(17-18-8)5-1-2-6(7(12)3-5)10(13,14)15/h1-3H,4H2. The van der Waals surface area contributed by atoms with E-state index in [2.05, 4.69) is 25.3 Å². The second-order valence-electron chi connectivity index (χ2n) is 3.34. The van der Waals surface area contributed by atoms with Crippen molar-refractivity contribution in [2.24, 2.45) is 0 Å². The van der Waals surface area contributed by atoms with Crippen LogP contribution in [0.1, 0.15) is 10.6 Å². The van der Waals surface area contributed by atoms with E-state index in [1.807, 2.05) is 0 Å². The summed E-state index contributed by atoms with van der Waals surface area (Å²) in [5.74, 6) is -1.10. The van der Waals surface area contributed by atoms with Gasteiger partial charge in [-0.25, -0.2) is 9.37 Å². The SMILES string of the molecule is Fc1cc(-c2nsc(CBr)n2)ccc1C(F)(F)F. The van der Waals surface area contributed by atoms with Crippen molar-refractivity contribution < 1.29 is 17.6 Å². The van der Waals surface area contributed by atoms with Gasteiger partial charge in [0, 0.05) is 5.56 Å². The molecule has 0 aliphatic rings. The van der Waals surface area contributed by atoms with E-state index in [4.69, 9.17) is 0 Å². The zero-order valence-electron chi connectivity index (χ0n) is 8.63. The highest BCUT2D eigenvalue weighted by Crippen LogP contribution is 2.33. The third-order valence-corrected chi connectivity index (χ3v) is 3.73. The van der Waals surface area contributed by atoms with Crippen molar-refractivity contribution in [1.82, 2.24) is 9.36 Å². The van der Waals surface area contributed by atoms with Gasteiger partial charge in [-0.15, -0.1) is 0 Å². The summed E-state index contributed by atoms with van der Waals surface area (Å²) in [5.41, 5.74) is -1.06. The average Bonchev–Trinajstić information content (AvgIpc) is 2.75. The van der Waals surface area contributed by atoms with E-state index in [0.717, 1.165) is 23.7 Å². The van der Waals surface area contributed by atoms with E-state index in [-0.39, 0.29) is 11.4 Å². The van der Waals surface area contributed by atoms with Crippen molar-refractivity contribution in [3.63, 3.8) is 0 Å². The van der Waals surface area contributed by atoms with Gasteiger partial charge in [0.1, 0.15) is 10.8 Å². The normalized spacial score (nSPS) is 11.8. The van der Waals surface area contributed by atoms with E-state index in [1.165, 1.54) is 0 Å². The number of hydrogen-bond donors (Lipinski definition) is 0. The lowest BCUT2D eigenvalue weighted by Crippen LogP contribution is -2.07. The highest BCUT2D eigenvalue weighted by Gasteiger charge is 2.34. The Labute approximate surface area is 112 Å². The maximum absolute atomic E-state index is 13.3. The summed E-state index contributed by atoms with van der Waals surface area (Å²) in [4.78, 5) is 4.04. The maximum atomic E-state index is 13.3. The quantitative estimate of drug-likeness (QED) is 0.603. The van der Waals surface area contributed by atoms with Crippen LogP contribution < -0.4 is 0 Å². The second-order valence-corrected chi connectivity index (χ2v) is 4.73. The molecule has 0 saturated carbocycles. The lowest BCUT2D eigenvalue weighted by Gasteiger charge is -2.08. The first-order chi connectivity index (χ1) is 8.41. The van der Waals surface area contributed by atoms with Crippen molar-refractivity contribution in [1.29, 1.82) is 0 Å². The third-order valence-electron chi connectivity index (χ3n) is 2.12. The minimum Gasteiger partial charge on any atom is -0.219 e. The second kappa shape index (κ2) is 4.93. The fourth-order valence-electron chi connectivity index (χ4n) is 1.31. The smallest absolute Gasteiger partial charge is 0.219 e. The summed E-state index contributed by atoms with van der Waals surface area (Å²) in [7, 11) is 0. The van der Waals surface area contributed by atoms with Crippen LogP contribution in [0.3, 0.4) is 0 Å². The van der Waals surface area contributed by atoms with Gasteiger partial charge < -0.3 is 0 Å². The zero-order valence-corrected chi connectivity index (χ0v) is 11.0. The molecule has 0 spiro atoms. The van der Waals surface area contributed by atoms with E-state index in [0.29, 0.717) is 16.4 Å². The molecule has 0 aliphatic carbocycles. The Hall–Kier alpha value is -1.02. The van der Waals surface area contributed by atoms with Gasteiger partial charge in [0.25, 0.3) is 0 Å². The fourth-order valence-corrected chi connectivity index (χ4v) is 2.26. The van der Waals surface area contributed by atoms with Gasteiger partial charge in [-0.2, -0.15) is 17.5 Å². The monoisotopic (exact) mass is 340 g/mol. The predicted molar refractivity (Wildman–Crippen MR) is 62.9 cm³/mol. The third kappa shape index (κ3) is 2.69. The molecule has 2 rings (SSSR count). The summed E-state index contributed by atoms with van der Waals surface area (Å²) >= 11 is 4.29. The van der Waals surface area contributed by atoms with Crippen LogP contribution in [0.5, 0.6) is 0 Å². The average molecular weight is 341 g/mol. The largest absolute Gasteiger partial charge is 0.419 e. The summed E-state index contributed by atoms with van der Waals surface area (Å²) in [6.45, 7) is 0. The minimum absolute atomic E-state index is 0.224. The number of hydrogen-bond acceptors (Lipinski definition) is 3. The maximum Gasteiger partial charge on any atom is 0.419 e. The molecule has 8 heteroatoms. The summed E-state index contributed by atoms with van der Waals surface area (Å²) in [5, 5.41) is 1.17. The Balaban J connectivity index is 2.40. The van der Waals surface area contributed by atoms with Crippen LogP contribution in [0.4, 0.5) is 17.6 Å². The zero-order chi connectivity index (χ0) is 13.3. The molecule has 2 aromatic rings. The van der Waals surface area contributed by atoms with Crippen LogP contribution in [0, 0.1) is 5.82 Å². The number of alkyl halides is 4. The lowest BCUT2D eigenvalue weighted by molar-refractivity contribution is -0.139. The summed E-state index contributed by atoms with van der Waals surface area (Å²) in [6, 6.07) is 2.65. The number of benzene rings is 1. The Morgan fingerprint density at radius 1 is 1.28 bits per heavy atom. The van der Waals surface area contributed by atoms with Gasteiger partial charge in [-0.3, -0.25) is 0 Å². The molecule has 1 aromatic carbocycles. The van der Waals surface area contributed by atoms with Crippen molar-refractivity contribution in [2.45, 2.75) is 11.5 Å². The molecule has 1 aromatic heterocycles. The van der Waals surface area contributed by atoms with Crippen LogP contribution in [0.15, 0.2) is 18.2 Å². The molecule has 2 nitrogen and oxygen atoms in total. The minimum atomic E-state index is -4.70. The Kier molecular flexibility index (Phi) is 3.67. The van der Waals surface area contributed by atoms with E-state index in [1.54, 1.807) is 0 Å². The van der Waals surface area contributed by atoms with Crippen LogP contribution in [-0.2, 0) is 11.5 Å². The molecule has 0 aliphatic heterocycles. The van der Waals surface area contributed by atoms with Gasteiger partial charge in [0.05, 0.1) is 10.9 Å². The highest BCUT2D eigenvalue weighted by atomic mass is 79.9. The molecule has 0 atom stereocenters. The van der Waals surface area contributed by atoms with Crippen LogP contribution in [0.25, 0.3) is 11.4 Å². The molecule has 1 heterocycles. The van der Waals surface area contributed by atoms with Gasteiger partial charge >= 0.3 is 6.18 Å². The first-order valence-corrected chi connectivity index (χ1v) is 6.57. The van der Waals surface area contributed by atoms with Crippen molar-refractivity contribution in [3.8, 4) is 11.4 Å². The summed E-state index contributed by atoms with van der Waals surface area (Å²) in [6.07, 6.45) is -4.70. The molecule has 18 heavy (non-hydrogen) atoms. The van der Waals surface area contributed by atoms with Gasteiger partial charge in [0.15, 0.2) is 5.82 Å². The number of rotatable bonds is 2. The van der Waals surface area contributed by atoms with E-state index >= 15 is 0 Å². The number of halogens is 5. The highest BCUT2D eigenvalue weighted by molar-refractivity contribution is 9.08. The summed E-state index contributed by atoms with van der Waals surface area (Å²) < 4.78 is 54.4. The molecular formula is C10H5BrF4N2S. The van der Waals surface area contributed by atoms with Crippen molar-refractivity contribution >= 4 is 27.5 Å². The van der Waals surface area contributed by atoms with Crippen LogP contribution in [-0.4, -0.2) is 9.36 Å². The lowest BCUT2D eigenvalue weighted by atomic mass is 10.1. The molecule has 0 amide bonds. The first-order valence-electron chi connectivity index (χ1n) is 4.67. The molecule has 0 radical (unpaired) electrons. The molecular weight excluding hydrogens is 336 g/mol. The van der Waals surface area contributed by atoms with Gasteiger partial charge in [-0.05, 0) is 23.7 Å². The van der Waals surface area contributed by atoms with Gasteiger partial charge in [0.2, 0.25) is 0 Å². The number of nitrogens with zero attached hydrogens (tertiary/aromatic N) is 2. The molecule has 0 saturated heterocycles. The molecule has 0 fully saturated rings. The molecule has 0 bridgehead atoms. The van der Waals surface area contributed by atoms with Crippen molar-refractivity contribution in [3.05, 3.63) is 34.6 Å². The first kappa shape index (κ1) is 13.4. The molecule has 96 valence electrons. The van der Waals surface area contributed by atoms with Crippen LogP contribution in [0.2, 0.25) is 0 Å². The Morgan fingerprint density at radius 3 is 2.50 bits per heavy atom. The fraction of sp³-hybridized carbons (Fsp3) is 0.200. The molecule has 0 N–H and O–H groups in total.